The zero-order valence-corrected chi connectivity index (χ0v) is 12.7. The van der Waals surface area contributed by atoms with Gasteiger partial charge >= 0.3 is 0 Å². The summed E-state index contributed by atoms with van der Waals surface area (Å²) in [6, 6.07) is 0. The number of hydrogen-bond donors (Lipinski definition) is 2. The molecule has 2 aromatic heterocycles. The lowest BCUT2D eigenvalue weighted by Gasteiger charge is -2.22. The molecule has 18 heavy (non-hydrogen) atoms. The fourth-order valence-electron chi connectivity index (χ4n) is 1.78. The maximum atomic E-state index is 10.0. The maximum Gasteiger partial charge on any atom is 0.195 e. The number of aliphatic hydroxyl groups is 1. The summed E-state index contributed by atoms with van der Waals surface area (Å²) in [7, 11) is 0. The molecule has 100 valence electrons. The summed E-state index contributed by atoms with van der Waals surface area (Å²) >= 11 is 9.28. The molecule has 7 heteroatoms. The lowest BCUT2D eigenvalue weighted by molar-refractivity contribution is 0.0845. The van der Waals surface area contributed by atoms with E-state index < -0.39 is 5.60 Å². The third-order valence-electron chi connectivity index (χ3n) is 2.57. The van der Waals surface area contributed by atoms with Gasteiger partial charge in [-0.05, 0) is 13.2 Å². The molecule has 0 aliphatic carbocycles. The highest BCUT2D eigenvalue weighted by atomic mass is 35.5. The van der Waals surface area contributed by atoms with Crippen LogP contribution in [0.5, 0.6) is 0 Å². The lowest BCUT2D eigenvalue weighted by atomic mass is 10.1. The second-order valence-corrected chi connectivity index (χ2v) is 6.54. The summed E-state index contributed by atoms with van der Waals surface area (Å²) in [6.45, 7) is 2.96. The normalized spacial score (nSPS) is 15.1. The monoisotopic (exact) mass is 305 g/mol. The smallest absolute Gasteiger partial charge is 0.195 e. The quantitative estimate of drug-likeness (QED) is 0.859. The molecule has 2 heterocycles. The number of fused-ring (bicyclic) bond motifs is 1. The molecule has 0 bridgehead atoms. The van der Waals surface area contributed by atoms with Crippen molar-refractivity contribution in [3.8, 4) is 0 Å². The van der Waals surface area contributed by atoms with Gasteiger partial charge in [-0.1, -0.05) is 11.6 Å². The number of rotatable bonds is 6. The SMILES string of the molecule is CSCC(C)(O)CNCc1c(Cl)nc2sccn12. The third kappa shape index (κ3) is 3.19. The minimum absolute atomic E-state index is 0.527. The Morgan fingerprint density at radius 3 is 3.17 bits per heavy atom. The van der Waals surface area contributed by atoms with Gasteiger partial charge in [-0.25, -0.2) is 4.98 Å². The summed E-state index contributed by atoms with van der Waals surface area (Å²) in [5, 5.41) is 15.8. The van der Waals surface area contributed by atoms with Gasteiger partial charge in [0.15, 0.2) is 10.1 Å². The molecule has 1 atom stereocenters. The highest BCUT2D eigenvalue weighted by molar-refractivity contribution is 7.98. The van der Waals surface area contributed by atoms with Gasteiger partial charge in [0.05, 0.1) is 11.3 Å². The van der Waals surface area contributed by atoms with E-state index in [0.717, 1.165) is 10.7 Å². The van der Waals surface area contributed by atoms with Crippen LogP contribution in [0.15, 0.2) is 11.6 Å². The van der Waals surface area contributed by atoms with Crippen LogP contribution < -0.4 is 5.32 Å². The van der Waals surface area contributed by atoms with E-state index in [0.29, 0.717) is 24.0 Å². The maximum absolute atomic E-state index is 10.0. The molecular weight excluding hydrogens is 290 g/mol. The molecule has 0 aliphatic heterocycles. The number of nitrogens with one attached hydrogen (secondary N) is 1. The molecule has 0 amide bonds. The van der Waals surface area contributed by atoms with Crippen molar-refractivity contribution in [3.05, 3.63) is 22.4 Å². The molecule has 4 nitrogen and oxygen atoms in total. The summed E-state index contributed by atoms with van der Waals surface area (Å²) in [4.78, 5) is 5.16. The van der Waals surface area contributed by atoms with Crippen molar-refractivity contribution >= 4 is 39.7 Å². The Balaban J connectivity index is 1.98. The fraction of sp³-hybridized carbons (Fsp3) is 0.545. The summed E-state index contributed by atoms with van der Waals surface area (Å²) in [5.41, 5.74) is 0.234. The first kappa shape index (κ1) is 14.1. The van der Waals surface area contributed by atoms with E-state index in [9.17, 15) is 5.11 Å². The van der Waals surface area contributed by atoms with Crippen LogP contribution in [0.2, 0.25) is 5.15 Å². The van der Waals surface area contributed by atoms with Crippen LogP contribution >= 0.6 is 34.7 Å². The number of thiazole rings is 1. The number of halogens is 1. The molecule has 0 fully saturated rings. The van der Waals surface area contributed by atoms with Crippen molar-refractivity contribution in [1.82, 2.24) is 14.7 Å². The number of aromatic nitrogens is 2. The summed E-state index contributed by atoms with van der Waals surface area (Å²) in [5.74, 6) is 0.702. The van der Waals surface area contributed by atoms with E-state index in [1.165, 1.54) is 0 Å². The largest absolute Gasteiger partial charge is 0.388 e. The first-order valence-electron chi connectivity index (χ1n) is 5.55. The Bertz CT molecular complexity index is 523. The predicted octanol–water partition coefficient (Wildman–Crippen LogP) is 2.25. The van der Waals surface area contributed by atoms with Crippen LogP contribution in [-0.2, 0) is 6.54 Å². The van der Waals surface area contributed by atoms with Crippen molar-refractivity contribution in [3.63, 3.8) is 0 Å². The second kappa shape index (κ2) is 5.79. The highest BCUT2D eigenvalue weighted by Crippen LogP contribution is 2.21. The van der Waals surface area contributed by atoms with E-state index in [1.807, 2.05) is 29.2 Å². The van der Waals surface area contributed by atoms with Crippen LogP contribution in [0.25, 0.3) is 4.96 Å². The van der Waals surface area contributed by atoms with Gasteiger partial charge in [0.2, 0.25) is 0 Å². The van der Waals surface area contributed by atoms with Crippen LogP contribution in [0.3, 0.4) is 0 Å². The average molecular weight is 306 g/mol. The van der Waals surface area contributed by atoms with Crippen molar-refractivity contribution in [2.45, 2.75) is 19.1 Å². The zero-order chi connectivity index (χ0) is 13.2. The molecule has 0 saturated heterocycles. The standard InChI is InChI=1S/C11H16ClN3OS2/c1-11(16,7-17-2)6-13-5-8-9(12)14-10-15(8)3-4-18-10/h3-4,13,16H,5-7H2,1-2H3. The van der Waals surface area contributed by atoms with E-state index >= 15 is 0 Å². The predicted molar refractivity (Wildman–Crippen MR) is 78.8 cm³/mol. The van der Waals surface area contributed by atoms with Crippen LogP contribution in [-0.4, -0.2) is 38.6 Å². The number of hydrogen-bond acceptors (Lipinski definition) is 5. The van der Waals surface area contributed by atoms with E-state index in [1.54, 1.807) is 23.1 Å². The lowest BCUT2D eigenvalue weighted by Crippen LogP contribution is -2.39. The van der Waals surface area contributed by atoms with Crippen LogP contribution in [0, 0.1) is 0 Å². The van der Waals surface area contributed by atoms with Crippen LogP contribution in [0.4, 0.5) is 0 Å². The molecule has 1 unspecified atom stereocenters. The van der Waals surface area contributed by atoms with Crippen molar-refractivity contribution in [2.75, 3.05) is 18.6 Å². The van der Waals surface area contributed by atoms with Gasteiger partial charge in [0, 0.05) is 30.4 Å². The number of nitrogens with zero attached hydrogens (tertiary/aromatic N) is 2. The number of thioether (sulfide) groups is 1. The third-order valence-corrected chi connectivity index (χ3v) is 4.54. The van der Waals surface area contributed by atoms with Gasteiger partial charge in [-0.15, -0.1) is 11.3 Å². The molecule has 0 spiro atoms. The van der Waals surface area contributed by atoms with Gasteiger partial charge in [0.1, 0.15) is 0 Å². The Morgan fingerprint density at radius 1 is 1.67 bits per heavy atom. The minimum atomic E-state index is -0.704. The second-order valence-electron chi connectivity index (χ2n) is 4.44. The molecule has 2 rings (SSSR count). The Morgan fingerprint density at radius 2 is 2.44 bits per heavy atom. The van der Waals surface area contributed by atoms with Crippen molar-refractivity contribution in [2.24, 2.45) is 0 Å². The van der Waals surface area contributed by atoms with E-state index in [4.69, 9.17) is 11.6 Å². The van der Waals surface area contributed by atoms with E-state index in [-0.39, 0.29) is 0 Å². The van der Waals surface area contributed by atoms with Gasteiger partial charge in [-0.2, -0.15) is 11.8 Å². The molecule has 0 saturated carbocycles. The minimum Gasteiger partial charge on any atom is -0.388 e. The average Bonchev–Trinajstić information content (AvgIpc) is 2.81. The molecule has 2 aromatic rings. The summed E-state index contributed by atoms with van der Waals surface area (Å²) < 4.78 is 1.98. The van der Waals surface area contributed by atoms with Gasteiger partial charge in [0.25, 0.3) is 0 Å². The van der Waals surface area contributed by atoms with Crippen LogP contribution in [0.1, 0.15) is 12.6 Å². The molecule has 0 radical (unpaired) electrons. The number of imidazole rings is 1. The summed E-state index contributed by atoms with van der Waals surface area (Å²) in [6.07, 6.45) is 3.94. The van der Waals surface area contributed by atoms with Crippen molar-refractivity contribution < 1.29 is 5.11 Å². The molecule has 0 aliphatic rings. The first-order chi connectivity index (χ1) is 8.53. The van der Waals surface area contributed by atoms with Crippen molar-refractivity contribution in [1.29, 1.82) is 0 Å². The Hall–Kier alpha value is -0.270. The molecule has 0 aromatic carbocycles. The van der Waals surface area contributed by atoms with Gasteiger partial charge in [-0.3, -0.25) is 4.40 Å². The Labute approximate surface area is 119 Å². The topological polar surface area (TPSA) is 49.6 Å². The highest BCUT2D eigenvalue weighted by Gasteiger charge is 2.19. The van der Waals surface area contributed by atoms with Gasteiger partial charge < -0.3 is 10.4 Å². The van der Waals surface area contributed by atoms with E-state index in [2.05, 4.69) is 10.3 Å². The zero-order valence-electron chi connectivity index (χ0n) is 10.3. The fourth-order valence-corrected chi connectivity index (χ4v) is 3.52. The Kier molecular flexibility index (Phi) is 4.55. The molecular formula is C11H16ClN3OS2. The first-order valence-corrected chi connectivity index (χ1v) is 8.20. The molecule has 2 N–H and O–H groups in total.